The lowest BCUT2D eigenvalue weighted by Crippen LogP contribution is -2.40. The summed E-state index contributed by atoms with van der Waals surface area (Å²) in [5, 5.41) is 2.87. The fraction of sp³-hybridized carbons (Fsp3) is 0.481. The fourth-order valence-corrected chi connectivity index (χ4v) is 4.49. The maximum absolute atomic E-state index is 13.9. The van der Waals surface area contributed by atoms with Crippen molar-refractivity contribution in [3.8, 4) is 0 Å². The molecule has 0 aliphatic carbocycles. The molecule has 3 rings (SSSR count). The summed E-state index contributed by atoms with van der Waals surface area (Å²) < 4.78 is 10.8. The molecule has 184 valence electrons. The normalized spacial score (nSPS) is 16.2. The molecule has 1 aliphatic rings. The van der Waals surface area contributed by atoms with Crippen LogP contribution in [-0.4, -0.2) is 63.8 Å². The minimum Gasteiger partial charge on any atom is -0.377 e. The third kappa shape index (κ3) is 6.81. The molecule has 1 N–H and O–H groups in total. The smallest absolute Gasteiger partial charge is 0.250 e. The van der Waals surface area contributed by atoms with Crippen molar-refractivity contribution in [2.24, 2.45) is 0 Å². The number of carbonyl (C=O) groups is 2. The third-order valence-electron chi connectivity index (χ3n) is 6.15. The molecule has 1 aliphatic heterocycles. The Labute approximate surface area is 203 Å². The molecule has 0 unspecified atom stereocenters. The number of anilines is 2. The van der Waals surface area contributed by atoms with Crippen molar-refractivity contribution in [2.45, 2.75) is 44.8 Å². The van der Waals surface area contributed by atoms with Crippen LogP contribution in [0.2, 0.25) is 0 Å². The summed E-state index contributed by atoms with van der Waals surface area (Å²) in [5.74, 6) is -0.328. The standard InChI is InChI=1S/C27H37N3O4/c1-5-24(20-10-7-6-8-11-20)27(32)30(18-23-12-9-15-34-23)17-21-16-22(28-26(31)19-33-4)13-14-25(21)29(2)3/h6-8,10-11,13-14,16,23-24H,5,9,12,15,17-19H2,1-4H3,(H,28,31)/t23-,24-/m0/s1. The lowest BCUT2D eigenvalue weighted by molar-refractivity contribution is -0.135. The van der Waals surface area contributed by atoms with Gasteiger partial charge in [0.2, 0.25) is 11.8 Å². The zero-order chi connectivity index (χ0) is 24.5. The van der Waals surface area contributed by atoms with E-state index in [9.17, 15) is 9.59 Å². The van der Waals surface area contributed by atoms with Gasteiger partial charge in [-0.1, -0.05) is 37.3 Å². The van der Waals surface area contributed by atoms with E-state index in [4.69, 9.17) is 9.47 Å². The van der Waals surface area contributed by atoms with Crippen molar-refractivity contribution < 1.29 is 19.1 Å². The molecule has 0 saturated carbocycles. The van der Waals surface area contributed by atoms with Crippen LogP contribution in [0.15, 0.2) is 48.5 Å². The highest BCUT2D eigenvalue weighted by molar-refractivity contribution is 5.92. The molecule has 2 aromatic carbocycles. The Morgan fingerprint density at radius 3 is 2.56 bits per heavy atom. The van der Waals surface area contributed by atoms with Gasteiger partial charge in [-0.15, -0.1) is 0 Å². The highest BCUT2D eigenvalue weighted by Crippen LogP contribution is 2.29. The van der Waals surface area contributed by atoms with Crippen molar-refractivity contribution in [1.82, 2.24) is 4.90 Å². The van der Waals surface area contributed by atoms with Gasteiger partial charge in [0.15, 0.2) is 0 Å². The molecule has 2 amide bonds. The van der Waals surface area contributed by atoms with Crippen LogP contribution in [0.5, 0.6) is 0 Å². The second-order valence-electron chi connectivity index (χ2n) is 8.94. The summed E-state index contributed by atoms with van der Waals surface area (Å²) in [6, 6.07) is 15.8. The van der Waals surface area contributed by atoms with Gasteiger partial charge in [-0.05, 0) is 48.6 Å². The molecule has 34 heavy (non-hydrogen) atoms. The molecule has 2 aromatic rings. The molecular formula is C27H37N3O4. The molecular weight excluding hydrogens is 430 g/mol. The number of carbonyl (C=O) groups excluding carboxylic acids is 2. The molecule has 7 nitrogen and oxygen atoms in total. The monoisotopic (exact) mass is 467 g/mol. The van der Waals surface area contributed by atoms with E-state index in [2.05, 4.69) is 12.2 Å². The number of nitrogens with zero attached hydrogens (tertiary/aromatic N) is 2. The molecule has 2 atom stereocenters. The van der Waals surface area contributed by atoms with Crippen LogP contribution in [0.25, 0.3) is 0 Å². The first-order chi connectivity index (χ1) is 16.4. The van der Waals surface area contributed by atoms with Crippen molar-refractivity contribution in [2.75, 3.05) is 51.2 Å². The summed E-state index contributed by atoms with van der Waals surface area (Å²) in [4.78, 5) is 29.9. The van der Waals surface area contributed by atoms with E-state index >= 15 is 0 Å². The number of hydrogen-bond acceptors (Lipinski definition) is 5. The summed E-state index contributed by atoms with van der Waals surface area (Å²) in [6.07, 6.45) is 2.74. The Hall–Kier alpha value is -2.90. The molecule has 0 bridgehead atoms. The minimum atomic E-state index is -0.214. The first-order valence-corrected chi connectivity index (χ1v) is 12.0. The van der Waals surface area contributed by atoms with E-state index in [0.717, 1.165) is 42.7 Å². The van der Waals surface area contributed by atoms with Crippen LogP contribution in [-0.2, 0) is 25.6 Å². The van der Waals surface area contributed by atoms with Crippen molar-refractivity contribution in [3.63, 3.8) is 0 Å². The van der Waals surface area contributed by atoms with Crippen LogP contribution in [0.4, 0.5) is 11.4 Å². The van der Waals surface area contributed by atoms with E-state index in [1.165, 1.54) is 7.11 Å². The SMILES string of the molecule is CC[C@H](C(=O)N(Cc1cc(NC(=O)COC)ccc1N(C)C)C[C@@H]1CCCO1)c1ccccc1. The maximum atomic E-state index is 13.9. The average molecular weight is 468 g/mol. The molecule has 7 heteroatoms. The van der Waals surface area contributed by atoms with Gasteiger partial charge in [-0.2, -0.15) is 0 Å². The Kier molecular flexibility index (Phi) is 9.48. The van der Waals surface area contributed by atoms with Gasteiger partial charge in [-0.25, -0.2) is 0 Å². The van der Waals surface area contributed by atoms with E-state index in [1.807, 2.05) is 72.4 Å². The van der Waals surface area contributed by atoms with Crippen LogP contribution in [0.3, 0.4) is 0 Å². The Bertz CT molecular complexity index is 942. The van der Waals surface area contributed by atoms with Gasteiger partial charge >= 0.3 is 0 Å². The average Bonchev–Trinajstić information content (AvgIpc) is 3.33. The first-order valence-electron chi connectivity index (χ1n) is 12.0. The molecule has 1 fully saturated rings. The van der Waals surface area contributed by atoms with Gasteiger partial charge in [0.25, 0.3) is 0 Å². The number of benzene rings is 2. The maximum Gasteiger partial charge on any atom is 0.250 e. The van der Waals surface area contributed by atoms with Crippen LogP contribution >= 0.6 is 0 Å². The number of ether oxygens (including phenoxy) is 2. The van der Waals surface area contributed by atoms with Crippen LogP contribution in [0.1, 0.15) is 43.2 Å². The number of hydrogen-bond donors (Lipinski definition) is 1. The van der Waals surface area contributed by atoms with Gasteiger partial charge in [0, 0.05) is 52.3 Å². The molecule has 1 saturated heterocycles. The highest BCUT2D eigenvalue weighted by Gasteiger charge is 2.29. The lowest BCUT2D eigenvalue weighted by atomic mass is 9.94. The van der Waals surface area contributed by atoms with Gasteiger partial charge < -0.3 is 24.6 Å². The predicted molar refractivity (Wildman–Crippen MR) is 135 cm³/mol. The first kappa shape index (κ1) is 25.7. The molecule has 0 aromatic heterocycles. The predicted octanol–water partition coefficient (Wildman–Crippen LogP) is 4.04. The summed E-state index contributed by atoms with van der Waals surface area (Å²) in [6.45, 7) is 3.77. The Morgan fingerprint density at radius 2 is 1.94 bits per heavy atom. The van der Waals surface area contributed by atoms with Crippen LogP contribution in [0, 0.1) is 0 Å². The van der Waals surface area contributed by atoms with Gasteiger partial charge in [0.1, 0.15) is 6.61 Å². The summed E-state index contributed by atoms with van der Waals surface area (Å²) in [7, 11) is 5.45. The Morgan fingerprint density at radius 1 is 1.18 bits per heavy atom. The number of rotatable bonds is 11. The molecule has 0 radical (unpaired) electrons. The lowest BCUT2D eigenvalue weighted by Gasteiger charge is -2.31. The zero-order valence-corrected chi connectivity index (χ0v) is 20.8. The summed E-state index contributed by atoms with van der Waals surface area (Å²) >= 11 is 0. The second-order valence-corrected chi connectivity index (χ2v) is 8.94. The fourth-order valence-electron chi connectivity index (χ4n) is 4.49. The number of amides is 2. The minimum absolute atomic E-state index is 0.0103. The van der Waals surface area contributed by atoms with Gasteiger partial charge in [-0.3, -0.25) is 9.59 Å². The Balaban J connectivity index is 1.91. The van der Waals surface area contributed by atoms with E-state index in [1.54, 1.807) is 0 Å². The quantitative estimate of drug-likeness (QED) is 0.540. The largest absolute Gasteiger partial charge is 0.377 e. The topological polar surface area (TPSA) is 71.1 Å². The highest BCUT2D eigenvalue weighted by atomic mass is 16.5. The van der Waals surface area contributed by atoms with Crippen molar-refractivity contribution in [3.05, 3.63) is 59.7 Å². The number of nitrogens with one attached hydrogen (secondary N) is 1. The van der Waals surface area contributed by atoms with E-state index in [-0.39, 0.29) is 30.4 Å². The summed E-state index contributed by atoms with van der Waals surface area (Å²) in [5.41, 5.74) is 3.68. The molecule has 0 spiro atoms. The van der Waals surface area contributed by atoms with Gasteiger partial charge in [0.05, 0.1) is 12.0 Å². The zero-order valence-electron chi connectivity index (χ0n) is 20.8. The second kappa shape index (κ2) is 12.5. The van der Waals surface area contributed by atoms with Crippen molar-refractivity contribution in [1.29, 1.82) is 0 Å². The molecule has 1 heterocycles. The van der Waals surface area contributed by atoms with E-state index < -0.39 is 0 Å². The number of methoxy groups -OCH3 is 1. The third-order valence-corrected chi connectivity index (χ3v) is 6.15. The van der Waals surface area contributed by atoms with Crippen LogP contribution < -0.4 is 10.2 Å². The van der Waals surface area contributed by atoms with E-state index in [0.29, 0.717) is 18.8 Å². The van der Waals surface area contributed by atoms with Crippen molar-refractivity contribution >= 4 is 23.2 Å².